The van der Waals surface area contributed by atoms with Crippen LogP contribution in [-0.4, -0.2) is 66.1 Å². The number of aromatic nitrogens is 2. The van der Waals surface area contributed by atoms with Gasteiger partial charge in [0.25, 0.3) is 0 Å². The van der Waals surface area contributed by atoms with Crippen LogP contribution in [0.15, 0.2) is 48.2 Å². The molecule has 212 valence electrons. The second-order valence-corrected chi connectivity index (χ2v) is 11.0. The molecule has 0 aliphatic carbocycles. The first-order valence-corrected chi connectivity index (χ1v) is 13.5. The molecule has 1 unspecified atom stereocenters. The number of benzene rings is 1. The fraction of sp³-hybridized carbons (Fsp3) is 0.483. The zero-order valence-corrected chi connectivity index (χ0v) is 23.0. The molecule has 1 aromatic heterocycles. The SMILES string of the molecule is CC(C)(C#N)c1ccc(Nc2nc(N3CCOCC3)nc3c2CCN(C2(C)NC=CC=C2C(F)(F)F)CC3)cc1. The number of ether oxygens (including phenoxy) is 1. The van der Waals surface area contributed by atoms with Crippen LogP contribution in [0, 0.1) is 11.3 Å². The number of hydrogen-bond acceptors (Lipinski definition) is 8. The Morgan fingerprint density at radius 2 is 1.75 bits per heavy atom. The Morgan fingerprint density at radius 3 is 2.42 bits per heavy atom. The fourth-order valence-electron chi connectivity index (χ4n) is 5.44. The topological polar surface area (TPSA) is 89.3 Å². The number of nitriles is 1. The van der Waals surface area contributed by atoms with E-state index in [1.54, 1.807) is 13.1 Å². The monoisotopic (exact) mass is 553 g/mol. The van der Waals surface area contributed by atoms with E-state index in [1.165, 1.54) is 6.08 Å². The molecule has 2 N–H and O–H groups in total. The van der Waals surface area contributed by atoms with Gasteiger partial charge in [-0.25, -0.2) is 4.98 Å². The Kier molecular flexibility index (Phi) is 7.50. The molecular formula is C29H34F3N7O. The summed E-state index contributed by atoms with van der Waals surface area (Å²) in [5.74, 6) is 1.23. The van der Waals surface area contributed by atoms with Crippen molar-refractivity contribution in [2.45, 2.75) is 50.9 Å². The molecule has 2 aromatic rings. The van der Waals surface area contributed by atoms with E-state index < -0.39 is 22.8 Å². The van der Waals surface area contributed by atoms with Gasteiger partial charge in [-0.05, 0) is 63.2 Å². The highest BCUT2D eigenvalue weighted by atomic mass is 19.4. The second kappa shape index (κ2) is 10.7. The maximum atomic E-state index is 14.0. The predicted octanol–water partition coefficient (Wildman–Crippen LogP) is 4.58. The molecule has 4 heterocycles. The van der Waals surface area contributed by atoms with Crippen molar-refractivity contribution in [1.82, 2.24) is 20.2 Å². The largest absolute Gasteiger partial charge is 0.416 e. The highest BCUT2D eigenvalue weighted by Gasteiger charge is 2.49. The molecular weight excluding hydrogens is 519 g/mol. The Bertz CT molecular complexity index is 1340. The summed E-state index contributed by atoms with van der Waals surface area (Å²) in [7, 11) is 0. The van der Waals surface area contributed by atoms with Crippen LogP contribution in [0.5, 0.6) is 0 Å². The number of nitrogens with zero attached hydrogens (tertiary/aromatic N) is 5. The highest BCUT2D eigenvalue weighted by Crippen LogP contribution is 2.39. The molecule has 0 spiro atoms. The third kappa shape index (κ3) is 5.51. The quantitative estimate of drug-likeness (QED) is 0.557. The van der Waals surface area contributed by atoms with Crippen LogP contribution in [0.3, 0.4) is 0 Å². The van der Waals surface area contributed by atoms with Gasteiger partial charge in [-0.3, -0.25) is 4.90 Å². The van der Waals surface area contributed by atoms with Crippen LogP contribution >= 0.6 is 0 Å². The minimum Gasteiger partial charge on any atom is -0.378 e. The summed E-state index contributed by atoms with van der Waals surface area (Å²) >= 11 is 0. The molecule has 5 rings (SSSR count). The van der Waals surface area contributed by atoms with E-state index in [1.807, 2.05) is 43.0 Å². The lowest BCUT2D eigenvalue weighted by atomic mass is 9.86. The maximum absolute atomic E-state index is 14.0. The Morgan fingerprint density at radius 1 is 1.05 bits per heavy atom. The third-order valence-electron chi connectivity index (χ3n) is 7.96. The molecule has 0 amide bonds. The second-order valence-electron chi connectivity index (χ2n) is 11.0. The molecule has 1 atom stereocenters. The number of rotatable bonds is 5. The van der Waals surface area contributed by atoms with Crippen LogP contribution in [0.1, 0.15) is 37.6 Å². The number of dihydropyridines is 1. The lowest BCUT2D eigenvalue weighted by Gasteiger charge is -2.44. The smallest absolute Gasteiger partial charge is 0.378 e. The van der Waals surface area contributed by atoms with Gasteiger partial charge in [0.05, 0.1) is 36.0 Å². The Balaban J connectivity index is 1.47. The van der Waals surface area contributed by atoms with E-state index in [-0.39, 0.29) is 0 Å². The first-order chi connectivity index (χ1) is 19.0. The number of morpholine rings is 1. The number of hydrogen-bond donors (Lipinski definition) is 2. The van der Waals surface area contributed by atoms with E-state index in [4.69, 9.17) is 14.7 Å². The molecule has 0 saturated carbocycles. The van der Waals surface area contributed by atoms with E-state index in [2.05, 4.69) is 21.6 Å². The van der Waals surface area contributed by atoms with Gasteiger partial charge in [0.1, 0.15) is 11.5 Å². The summed E-state index contributed by atoms with van der Waals surface area (Å²) in [6.07, 6.45) is 0.594. The van der Waals surface area contributed by atoms with Gasteiger partial charge in [0.2, 0.25) is 5.95 Å². The third-order valence-corrected chi connectivity index (χ3v) is 7.96. The van der Waals surface area contributed by atoms with Crippen molar-refractivity contribution >= 4 is 17.5 Å². The van der Waals surface area contributed by atoms with Crippen LogP contribution in [0.2, 0.25) is 0 Å². The molecule has 3 aliphatic rings. The van der Waals surface area contributed by atoms with Crippen LogP contribution in [0.4, 0.5) is 30.6 Å². The number of anilines is 3. The molecule has 40 heavy (non-hydrogen) atoms. The van der Waals surface area contributed by atoms with Crippen molar-refractivity contribution in [3.8, 4) is 6.07 Å². The molecule has 0 bridgehead atoms. The number of allylic oxidation sites excluding steroid dienone is 2. The van der Waals surface area contributed by atoms with Crippen molar-refractivity contribution in [1.29, 1.82) is 5.26 Å². The summed E-state index contributed by atoms with van der Waals surface area (Å²) in [6.45, 7) is 8.60. The van der Waals surface area contributed by atoms with Gasteiger partial charge in [-0.15, -0.1) is 0 Å². The van der Waals surface area contributed by atoms with Gasteiger partial charge in [-0.1, -0.05) is 12.1 Å². The summed E-state index contributed by atoms with van der Waals surface area (Å²) < 4.78 is 47.5. The van der Waals surface area contributed by atoms with Gasteiger partial charge in [0.15, 0.2) is 0 Å². The lowest BCUT2D eigenvalue weighted by molar-refractivity contribution is -0.113. The first-order valence-electron chi connectivity index (χ1n) is 13.5. The molecule has 1 fully saturated rings. The van der Waals surface area contributed by atoms with Crippen molar-refractivity contribution in [2.24, 2.45) is 0 Å². The predicted molar refractivity (Wildman–Crippen MR) is 147 cm³/mol. The Hall–Kier alpha value is -3.62. The normalized spacial score (nSPS) is 22.0. The molecule has 3 aliphatic heterocycles. The molecule has 1 aromatic carbocycles. The van der Waals surface area contributed by atoms with Gasteiger partial charge < -0.3 is 20.3 Å². The summed E-state index contributed by atoms with van der Waals surface area (Å²) in [5.41, 5.74) is 0.812. The summed E-state index contributed by atoms with van der Waals surface area (Å²) in [6, 6.07) is 9.99. The number of halogens is 3. The number of fused-ring (bicyclic) bond motifs is 1. The van der Waals surface area contributed by atoms with Crippen LogP contribution in [0.25, 0.3) is 0 Å². The summed E-state index contributed by atoms with van der Waals surface area (Å²) in [4.78, 5) is 13.7. The number of alkyl halides is 3. The van der Waals surface area contributed by atoms with Crippen LogP contribution in [-0.2, 0) is 23.0 Å². The standard InChI is InChI=1S/C29H34F3N7O/c1-27(2,19-33)20-6-8-21(9-7-20)35-25-22-10-13-39(28(3)24(29(30,31)32)5-4-12-34-28)14-11-23(22)36-26(37-25)38-15-17-40-18-16-38/h4-9,12,34H,10-11,13-18H2,1-3H3,(H,35,36,37). The molecule has 8 nitrogen and oxygen atoms in total. The van der Waals surface area contributed by atoms with Crippen LogP contribution < -0.4 is 15.5 Å². The zero-order chi connectivity index (χ0) is 28.5. The average molecular weight is 554 g/mol. The average Bonchev–Trinajstić information content (AvgIpc) is 3.17. The van der Waals surface area contributed by atoms with Crippen molar-refractivity contribution < 1.29 is 17.9 Å². The molecule has 11 heteroatoms. The minimum atomic E-state index is -4.46. The summed E-state index contributed by atoms with van der Waals surface area (Å²) in [5, 5.41) is 15.9. The fourth-order valence-corrected chi connectivity index (χ4v) is 5.44. The maximum Gasteiger partial charge on any atom is 0.416 e. The zero-order valence-electron chi connectivity index (χ0n) is 23.0. The van der Waals surface area contributed by atoms with E-state index in [0.29, 0.717) is 64.0 Å². The Labute approximate surface area is 232 Å². The number of nitrogens with one attached hydrogen (secondary N) is 2. The minimum absolute atomic E-state index is 0.391. The highest BCUT2D eigenvalue weighted by molar-refractivity contribution is 5.63. The molecule has 0 radical (unpaired) electrons. The lowest BCUT2D eigenvalue weighted by Crippen LogP contribution is -2.60. The van der Waals surface area contributed by atoms with Crippen molar-refractivity contribution in [3.63, 3.8) is 0 Å². The van der Waals surface area contributed by atoms with E-state index >= 15 is 0 Å². The first kappa shape index (κ1) is 27.9. The van der Waals surface area contributed by atoms with Crippen molar-refractivity contribution in [2.75, 3.05) is 49.6 Å². The van der Waals surface area contributed by atoms with Gasteiger partial charge in [-0.2, -0.15) is 23.4 Å². The van der Waals surface area contributed by atoms with E-state index in [9.17, 15) is 18.4 Å². The van der Waals surface area contributed by atoms with Gasteiger partial charge >= 0.3 is 6.18 Å². The van der Waals surface area contributed by atoms with E-state index in [0.717, 1.165) is 28.6 Å². The van der Waals surface area contributed by atoms with Crippen molar-refractivity contribution in [3.05, 3.63) is 65.0 Å². The molecule has 1 saturated heterocycles. The van der Waals surface area contributed by atoms with Gasteiger partial charge in [0, 0.05) is 43.9 Å².